The van der Waals surface area contributed by atoms with Crippen LogP contribution in [0.1, 0.15) is 88.9 Å². The molecule has 6 rings (SSSR count). The number of nitrogens with zero attached hydrogens (tertiary/aromatic N) is 1. The lowest BCUT2D eigenvalue weighted by Gasteiger charge is -2.30. The van der Waals surface area contributed by atoms with Crippen LogP contribution in [0.2, 0.25) is 0 Å². The first kappa shape index (κ1) is 35.4. The van der Waals surface area contributed by atoms with Gasteiger partial charge in [0, 0.05) is 35.8 Å². The Balaban J connectivity index is 1.27. The molecule has 0 bridgehead atoms. The van der Waals surface area contributed by atoms with Crippen molar-refractivity contribution in [2.45, 2.75) is 113 Å². The van der Waals surface area contributed by atoms with Crippen molar-refractivity contribution >= 4 is 50.6 Å². The summed E-state index contributed by atoms with van der Waals surface area (Å²) in [6, 6.07) is 4.34. The molecule has 0 radical (unpaired) electrons. The maximum absolute atomic E-state index is 14.3. The fourth-order valence-corrected chi connectivity index (χ4v) is 8.18. The minimum absolute atomic E-state index is 0.0293. The van der Waals surface area contributed by atoms with E-state index in [0.717, 1.165) is 23.7 Å². The van der Waals surface area contributed by atoms with Crippen molar-refractivity contribution in [2.75, 3.05) is 6.54 Å². The molecule has 270 valence electrons. The first-order valence-corrected chi connectivity index (χ1v) is 18.9. The largest absolute Gasteiger partial charge is 0.444 e. The van der Waals surface area contributed by atoms with Crippen LogP contribution in [0.5, 0.6) is 0 Å². The van der Waals surface area contributed by atoms with Crippen LogP contribution in [0, 0.1) is 5.92 Å². The highest BCUT2D eigenvalue weighted by Crippen LogP contribution is 2.46. The number of nitrogens with one attached hydrogen (secondary N) is 5. The summed E-state index contributed by atoms with van der Waals surface area (Å²) in [6.07, 6.45) is 9.09. The van der Waals surface area contributed by atoms with Crippen LogP contribution in [0.4, 0.5) is 4.79 Å². The summed E-state index contributed by atoms with van der Waals surface area (Å²) < 4.78 is 33.1. The molecule has 5 N–H and O–H groups in total. The molecular weight excluding hydrogens is 664 g/mol. The Labute approximate surface area is 291 Å². The molecule has 1 aromatic carbocycles. The number of fused-ring (bicyclic) bond motifs is 3. The summed E-state index contributed by atoms with van der Waals surface area (Å²) in [5, 5.41) is 8.80. The normalized spacial score (nSPS) is 27.6. The van der Waals surface area contributed by atoms with Gasteiger partial charge in [0.25, 0.3) is 11.8 Å². The number of carbonyl (C=O) groups is 5. The van der Waals surface area contributed by atoms with Crippen molar-refractivity contribution in [1.82, 2.24) is 30.6 Å². The lowest BCUT2D eigenvalue weighted by Crippen LogP contribution is -2.58. The first-order valence-electron chi connectivity index (χ1n) is 17.4. The molecule has 2 aliphatic heterocycles. The molecule has 0 unspecified atom stereocenters. The molecule has 1 saturated heterocycles. The van der Waals surface area contributed by atoms with E-state index in [1.807, 2.05) is 24.3 Å². The van der Waals surface area contributed by atoms with Gasteiger partial charge in [-0.1, -0.05) is 31.1 Å². The number of sulfonamides is 1. The number of alkyl carbamates (subject to hydrolysis) is 1. The highest BCUT2D eigenvalue weighted by Gasteiger charge is 2.62. The number of hydrogen-bond donors (Lipinski definition) is 5. The Kier molecular flexibility index (Phi) is 9.72. The summed E-state index contributed by atoms with van der Waals surface area (Å²) in [6.45, 7) is 5.12. The van der Waals surface area contributed by atoms with Gasteiger partial charge in [-0.25, -0.2) is 13.2 Å². The van der Waals surface area contributed by atoms with Gasteiger partial charge in [0.15, 0.2) is 0 Å². The van der Waals surface area contributed by atoms with Crippen molar-refractivity contribution in [2.24, 2.45) is 5.92 Å². The van der Waals surface area contributed by atoms with Crippen molar-refractivity contribution in [3.8, 4) is 0 Å². The molecule has 2 aliphatic carbocycles. The number of ether oxygens (including phenoxy) is 1. The monoisotopic (exact) mass is 710 g/mol. The van der Waals surface area contributed by atoms with Crippen molar-refractivity contribution in [1.29, 1.82) is 0 Å². The number of allylic oxidation sites excluding steroid dienone is 1. The highest BCUT2D eigenvalue weighted by atomic mass is 32.2. The summed E-state index contributed by atoms with van der Waals surface area (Å²) in [4.78, 5) is 72.8. The maximum Gasteiger partial charge on any atom is 0.408 e. The Morgan fingerprint density at radius 1 is 1.02 bits per heavy atom. The minimum Gasteiger partial charge on any atom is -0.444 e. The Bertz CT molecular complexity index is 1810. The molecule has 3 heterocycles. The average Bonchev–Trinajstić information content (AvgIpc) is 3.92. The lowest BCUT2D eigenvalue weighted by atomic mass is 10.0. The minimum atomic E-state index is -3.89. The Morgan fingerprint density at radius 2 is 1.80 bits per heavy atom. The predicted octanol–water partition coefficient (Wildman–Crippen LogP) is 2.76. The van der Waals surface area contributed by atoms with E-state index in [-0.39, 0.29) is 25.3 Å². The van der Waals surface area contributed by atoms with E-state index in [2.05, 4.69) is 25.7 Å². The molecular formula is C35H46N6O8S. The number of carbonyl (C=O) groups excluding carboxylic acids is 5. The van der Waals surface area contributed by atoms with E-state index >= 15 is 0 Å². The fraction of sp³-hybridized carbons (Fsp3) is 0.571. The standard InChI is InChI=1S/C35H46N6O8S/c1-34(2,3)49-33(46)38-26-10-8-6-4-5-7-9-23-19-35(23,32(45)40-50(47,48)25-13-14-25)39-30(43)28-18-24(20-41(28)31(26)44)37-29(42)22-12-11-21-15-16-36-27(21)17-22/h7,9,11-12,15-17,23-26,28,36H,4-6,8,10,13-14,18-20H2,1-3H3,(H,37,42)(H,38,46)(H,39,43)(H,40,45)/t23-,24-,26+,28+,35-/m1/s1. The van der Waals surface area contributed by atoms with Crippen LogP contribution in [0.15, 0.2) is 42.6 Å². The number of aromatic amines is 1. The number of benzene rings is 1. The highest BCUT2D eigenvalue weighted by molar-refractivity contribution is 7.91. The second-order valence-electron chi connectivity index (χ2n) is 14.9. The Hall–Kier alpha value is -4.40. The van der Waals surface area contributed by atoms with Gasteiger partial charge >= 0.3 is 6.09 Å². The quantitative estimate of drug-likeness (QED) is 0.282. The zero-order chi connectivity index (χ0) is 35.8. The molecule has 3 fully saturated rings. The molecule has 5 amide bonds. The van der Waals surface area contributed by atoms with Gasteiger partial charge in [-0.2, -0.15) is 0 Å². The van der Waals surface area contributed by atoms with Crippen LogP contribution < -0.4 is 20.7 Å². The lowest BCUT2D eigenvalue weighted by molar-refractivity contribution is -0.141. The van der Waals surface area contributed by atoms with Crippen LogP contribution in [-0.2, 0) is 29.1 Å². The molecule has 1 aromatic heterocycles. The van der Waals surface area contributed by atoms with E-state index in [4.69, 9.17) is 4.74 Å². The van der Waals surface area contributed by atoms with Gasteiger partial charge in [-0.3, -0.25) is 23.9 Å². The molecule has 2 aromatic rings. The topological polar surface area (TPSA) is 196 Å². The number of amides is 5. The SMILES string of the molecule is CC(C)(C)OC(=O)N[C@H]1CCCCCC=C[C@@H]2C[C@@]2(C(=O)NS(=O)(=O)C2CC2)NC(=O)[C@@H]2C[C@@H](NC(=O)c3ccc4cc[nH]c4c3)CN2C1=O. The maximum atomic E-state index is 14.3. The van der Waals surface area contributed by atoms with Gasteiger partial charge in [-0.05, 0) is 89.3 Å². The van der Waals surface area contributed by atoms with Crippen LogP contribution in [0.25, 0.3) is 10.9 Å². The van der Waals surface area contributed by atoms with Crippen molar-refractivity contribution in [3.63, 3.8) is 0 Å². The van der Waals surface area contributed by atoms with Gasteiger partial charge in [0.05, 0.1) is 5.25 Å². The summed E-state index contributed by atoms with van der Waals surface area (Å²) in [5.41, 5.74) is -1.14. The predicted molar refractivity (Wildman–Crippen MR) is 184 cm³/mol. The van der Waals surface area contributed by atoms with E-state index < -0.39 is 74.3 Å². The van der Waals surface area contributed by atoms with Gasteiger partial charge in [0.2, 0.25) is 21.8 Å². The number of rotatable bonds is 6. The summed E-state index contributed by atoms with van der Waals surface area (Å²) >= 11 is 0. The summed E-state index contributed by atoms with van der Waals surface area (Å²) in [5.74, 6) is -2.79. The Morgan fingerprint density at radius 3 is 2.54 bits per heavy atom. The molecule has 50 heavy (non-hydrogen) atoms. The van der Waals surface area contributed by atoms with E-state index in [1.165, 1.54) is 4.90 Å². The van der Waals surface area contributed by atoms with Gasteiger partial charge in [-0.15, -0.1) is 0 Å². The molecule has 2 saturated carbocycles. The number of H-pyrrole nitrogens is 1. The molecule has 15 heteroatoms. The number of hydrogen-bond acceptors (Lipinski definition) is 8. The van der Waals surface area contributed by atoms with E-state index in [0.29, 0.717) is 37.7 Å². The van der Waals surface area contributed by atoms with E-state index in [1.54, 1.807) is 39.1 Å². The number of aromatic nitrogens is 1. The zero-order valence-corrected chi connectivity index (χ0v) is 29.4. The van der Waals surface area contributed by atoms with Gasteiger partial charge < -0.3 is 30.6 Å². The third-order valence-electron chi connectivity index (χ3n) is 9.72. The second kappa shape index (κ2) is 13.7. The molecule has 14 nitrogen and oxygen atoms in total. The molecule has 5 atom stereocenters. The average molecular weight is 711 g/mol. The fourth-order valence-electron chi connectivity index (χ4n) is 6.81. The van der Waals surface area contributed by atoms with Crippen LogP contribution >= 0.6 is 0 Å². The first-order chi connectivity index (χ1) is 23.6. The molecule has 4 aliphatic rings. The van der Waals surface area contributed by atoms with Crippen molar-refractivity contribution in [3.05, 3.63) is 48.2 Å². The third-order valence-corrected chi connectivity index (χ3v) is 11.5. The van der Waals surface area contributed by atoms with E-state index in [9.17, 15) is 32.4 Å². The van der Waals surface area contributed by atoms with Gasteiger partial charge in [0.1, 0.15) is 23.2 Å². The summed E-state index contributed by atoms with van der Waals surface area (Å²) in [7, 11) is -3.89. The van der Waals surface area contributed by atoms with Crippen LogP contribution in [-0.4, -0.2) is 89.1 Å². The third kappa shape index (κ3) is 7.98. The second-order valence-corrected chi connectivity index (χ2v) is 16.9. The zero-order valence-electron chi connectivity index (χ0n) is 28.6. The van der Waals surface area contributed by atoms with Crippen LogP contribution in [0.3, 0.4) is 0 Å². The smallest absolute Gasteiger partial charge is 0.408 e. The van der Waals surface area contributed by atoms with Crippen molar-refractivity contribution < 1.29 is 37.1 Å². The molecule has 0 spiro atoms.